The Morgan fingerprint density at radius 2 is 0.625 bits per heavy atom. The van der Waals surface area contributed by atoms with Gasteiger partial charge in [-0.05, 0) is 52.6 Å². The fraction of sp³-hybridized carbons (Fsp3) is 0.308. The molecule has 0 amide bonds. The molecule has 246 valence electrons. The van der Waals surface area contributed by atoms with E-state index in [1.807, 2.05) is 0 Å². The molecular formula is C39H39F3N6. The van der Waals surface area contributed by atoms with Crippen LogP contribution in [0.25, 0.3) is 50.7 Å². The lowest BCUT2D eigenvalue weighted by Crippen LogP contribution is -2.18. The van der Waals surface area contributed by atoms with Crippen LogP contribution in [-0.2, 0) is 16.2 Å². The topological polar surface area (TPSA) is 51.9 Å². The van der Waals surface area contributed by atoms with Crippen LogP contribution in [-0.4, -0.2) is 28.8 Å². The average molecular weight is 649 g/mol. The van der Waals surface area contributed by atoms with Crippen LogP contribution in [0.5, 0.6) is 0 Å². The maximum atomic E-state index is 15.7. The standard InChI is InChI=1S/C39H39F3N6/c1-37(2,3)28-31(22-16-10-13-19-25(22)40)43-46-34(28)47-36(29(38(4,5)6)32(44-47)23-17-11-14-20-26(23)41)48-35(46)30(39(7,8)9)33(45-48)24-18-12-15-21-27(24)42/h10-21H,1-9H3. The molecule has 4 heterocycles. The molecule has 0 radical (unpaired) electrons. The van der Waals surface area contributed by atoms with Crippen molar-refractivity contribution in [2.24, 2.45) is 0 Å². The first-order valence-corrected chi connectivity index (χ1v) is 16.2. The van der Waals surface area contributed by atoms with Gasteiger partial charge in [-0.3, -0.25) is 0 Å². The summed E-state index contributed by atoms with van der Waals surface area (Å²) in [4.78, 5) is 0. The van der Waals surface area contributed by atoms with E-state index in [0.717, 1.165) is 16.7 Å². The van der Waals surface area contributed by atoms with Crippen LogP contribution in [0.15, 0.2) is 72.8 Å². The van der Waals surface area contributed by atoms with Crippen LogP contribution in [0.3, 0.4) is 0 Å². The number of fused-ring (bicyclic) bond motifs is 6. The molecule has 0 N–H and O–H groups in total. The highest BCUT2D eigenvalue weighted by Crippen LogP contribution is 2.45. The molecule has 0 atom stereocenters. The summed E-state index contributed by atoms with van der Waals surface area (Å²) in [7, 11) is 0. The van der Waals surface area contributed by atoms with E-state index >= 15 is 13.2 Å². The Kier molecular flexibility index (Phi) is 6.95. The molecule has 9 heteroatoms. The van der Waals surface area contributed by atoms with Gasteiger partial charge in [-0.15, -0.1) is 0 Å². The predicted molar refractivity (Wildman–Crippen MR) is 185 cm³/mol. The second-order valence-electron chi connectivity index (χ2n) is 15.6. The average Bonchev–Trinajstić information content (AvgIpc) is 3.69. The summed E-state index contributed by atoms with van der Waals surface area (Å²) in [5, 5.41) is 15.5. The molecule has 0 fully saturated rings. The molecule has 48 heavy (non-hydrogen) atoms. The van der Waals surface area contributed by atoms with Gasteiger partial charge in [-0.25, -0.2) is 13.2 Å². The van der Waals surface area contributed by atoms with Gasteiger partial charge >= 0.3 is 0 Å². The summed E-state index contributed by atoms with van der Waals surface area (Å²) in [5.74, 6) is -1.21. The Labute approximate surface area is 277 Å². The van der Waals surface area contributed by atoms with Crippen LogP contribution in [0.1, 0.15) is 79.0 Å². The van der Waals surface area contributed by atoms with Gasteiger partial charge in [0, 0.05) is 33.4 Å². The lowest BCUT2D eigenvalue weighted by Gasteiger charge is -2.22. The number of hydrogen-bond acceptors (Lipinski definition) is 3. The fourth-order valence-electron chi connectivity index (χ4n) is 6.85. The van der Waals surface area contributed by atoms with Crippen molar-refractivity contribution in [1.29, 1.82) is 0 Å². The lowest BCUT2D eigenvalue weighted by atomic mass is 9.84. The van der Waals surface area contributed by atoms with Gasteiger partial charge in [-0.1, -0.05) is 98.7 Å². The summed E-state index contributed by atoms with van der Waals surface area (Å²) in [6.45, 7) is 18.5. The Bertz CT molecular complexity index is 2090. The molecule has 0 saturated carbocycles. The third-order valence-electron chi connectivity index (χ3n) is 8.82. The van der Waals surface area contributed by atoms with Crippen LogP contribution in [0, 0.1) is 17.5 Å². The van der Waals surface area contributed by atoms with Crippen LogP contribution >= 0.6 is 0 Å². The number of hydrogen-bond donors (Lipinski definition) is 0. The number of aromatic nitrogens is 6. The third-order valence-corrected chi connectivity index (χ3v) is 8.82. The minimum absolute atomic E-state index is 0.348. The maximum Gasteiger partial charge on any atom is 0.165 e. The summed E-state index contributed by atoms with van der Waals surface area (Å²) < 4.78 is 52.3. The summed E-state index contributed by atoms with van der Waals surface area (Å²) in [6.07, 6.45) is 0. The largest absolute Gasteiger partial charge is 0.206 e. The number of rotatable bonds is 3. The van der Waals surface area contributed by atoms with E-state index in [0.29, 0.717) is 50.7 Å². The molecule has 6 nitrogen and oxygen atoms in total. The van der Waals surface area contributed by atoms with Crippen molar-refractivity contribution in [3.05, 3.63) is 107 Å². The van der Waals surface area contributed by atoms with Crippen molar-refractivity contribution in [3.63, 3.8) is 0 Å². The molecule has 0 aliphatic rings. The monoisotopic (exact) mass is 648 g/mol. The lowest BCUT2D eigenvalue weighted by molar-refractivity contribution is 0.589. The zero-order valence-electron chi connectivity index (χ0n) is 28.7. The summed E-state index contributed by atoms with van der Waals surface area (Å²) >= 11 is 0. The maximum absolute atomic E-state index is 15.7. The molecule has 4 aromatic heterocycles. The van der Waals surface area contributed by atoms with Crippen molar-refractivity contribution in [1.82, 2.24) is 28.8 Å². The van der Waals surface area contributed by atoms with Gasteiger partial charge in [0.2, 0.25) is 0 Å². The molecule has 0 bridgehead atoms. The van der Waals surface area contributed by atoms with Crippen LogP contribution in [0.2, 0.25) is 0 Å². The van der Waals surface area contributed by atoms with Crippen LogP contribution in [0.4, 0.5) is 13.2 Å². The predicted octanol–water partition coefficient (Wildman–Crippen LogP) is 9.94. The Hall–Kier alpha value is -4.92. The van der Waals surface area contributed by atoms with Gasteiger partial charge in [0.05, 0.1) is 0 Å². The highest BCUT2D eigenvalue weighted by Gasteiger charge is 2.38. The van der Waals surface area contributed by atoms with E-state index in [1.165, 1.54) is 18.2 Å². The second kappa shape index (κ2) is 10.5. The first-order chi connectivity index (χ1) is 22.5. The van der Waals surface area contributed by atoms with Gasteiger partial charge in [-0.2, -0.15) is 28.8 Å². The van der Waals surface area contributed by atoms with Gasteiger partial charge in [0.1, 0.15) is 34.5 Å². The van der Waals surface area contributed by atoms with E-state index in [2.05, 4.69) is 62.3 Å². The number of benzene rings is 3. The van der Waals surface area contributed by atoms with E-state index in [9.17, 15) is 0 Å². The highest BCUT2D eigenvalue weighted by molar-refractivity contribution is 5.84. The molecule has 0 saturated heterocycles. The SMILES string of the molecule is CC(C)(C)c1c(-c2ccccc2F)nn2c1n1nc(-c3ccccc3F)c(C(C)(C)C)c1n1nc(-c3ccccc3F)c(C(C)(C)C)c21. The first kappa shape index (κ1) is 31.7. The van der Waals surface area contributed by atoms with Crippen molar-refractivity contribution in [2.45, 2.75) is 78.6 Å². The smallest absolute Gasteiger partial charge is 0.165 e. The number of halogens is 3. The van der Waals surface area contributed by atoms with Crippen molar-refractivity contribution in [2.75, 3.05) is 0 Å². The zero-order chi connectivity index (χ0) is 34.5. The van der Waals surface area contributed by atoms with Crippen molar-refractivity contribution in [3.8, 4) is 33.8 Å². The van der Waals surface area contributed by atoms with Gasteiger partial charge in [0.15, 0.2) is 16.9 Å². The molecule has 3 aromatic carbocycles. The molecule has 0 aliphatic heterocycles. The summed E-state index contributed by atoms with van der Waals surface area (Å²) in [5.41, 5.74) is 4.86. The van der Waals surface area contributed by atoms with Gasteiger partial charge in [0.25, 0.3) is 0 Å². The zero-order valence-corrected chi connectivity index (χ0v) is 28.7. The molecule has 7 aromatic rings. The van der Waals surface area contributed by atoms with Gasteiger partial charge < -0.3 is 0 Å². The normalized spacial score (nSPS) is 13.0. The second-order valence-corrected chi connectivity index (χ2v) is 15.6. The van der Waals surface area contributed by atoms with E-state index in [4.69, 9.17) is 15.3 Å². The number of nitrogens with zero attached hydrogens (tertiary/aromatic N) is 6. The molecule has 7 rings (SSSR count). The first-order valence-electron chi connectivity index (χ1n) is 16.2. The fourth-order valence-corrected chi connectivity index (χ4v) is 6.85. The Morgan fingerprint density at radius 1 is 0.396 bits per heavy atom. The summed E-state index contributed by atoms with van der Waals surface area (Å²) in [6, 6.07) is 19.8. The van der Waals surface area contributed by atoms with Crippen LogP contribution < -0.4 is 0 Å². The van der Waals surface area contributed by atoms with E-state index in [1.54, 1.807) is 68.1 Å². The quantitative estimate of drug-likeness (QED) is 0.192. The molecule has 0 unspecified atom stereocenters. The molecular weight excluding hydrogens is 609 g/mol. The molecule has 0 spiro atoms. The minimum Gasteiger partial charge on any atom is -0.206 e. The van der Waals surface area contributed by atoms with Crippen molar-refractivity contribution >= 4 is 16.9 Å². The van der Waals surface area contributed by atoms with E-state index < -0.39 is 33.7 Å². The van der Waals surface area contributed by atoms with E-state index in [-0.39, 0.29) is 0 Å². The minimum atomic E-state index is -0.549. The van der Waals surface area contributed by atoms with Crippen molar-refractivity contribution < 1.29 is 13.2 Å². The Morgan fingerprint density at radius 3 is 0.833 bits per heavy atom. The molecule has 0 aliphatic carbocycles. The highest BCUT2D eigenvalue weighted by atomic mass is 19.1. The third kappa shape index (κ3) is 4.73. The Balaban J connectivity index is 1.84.